The normalized spacial score (nSPS) is 29.5. The van der Waals surface area contributed by atoms with Crippen LogP contribution < -0.4 is 0 Å². The van der Waals surface area contributed by atoms with Gasteiger partial charge < -0.3 is 44.1 Å². The minimum Gasteiger partial charge on any atom is -0.505 e. The zero-order chi connectivity index (χ0) is 48.5. The van der Waals surface area contributed by atoms with Gasteiger partial charge in [-0.25, -0.2) is 4.79 Å². The Labute approximate surface area is 382 Å². The summed E-state index contributed by atoms with van der Waals surface area (Å²) in [5.74, 6) is -4.99. The fourth-order valence-corrected chi connectivity index (χ4v) is 9.19. The van der Waals surface area contributed by atoms with E-state index in [1.54, 1.807) is 19.1 Å². The summed E-state index contributed by atoms with van der Waals surface area (Å²) in [7, 11) is 0. The Bertz CT molecular complexity index is 2160. The van der Waals surface area contributed by atoms with E-state index in [2.05, 4.69) is 10.5 Å². The molecule has 2 heterocycles. The molecular formula is C51H66O14. The number of ketones is 1. The van der Waals surface area contributed by atoms with Crippen LogP contribution in [-0.4, -0.2) is 97.9 Å². The second kappa shape index (κ2) is 21.2. The number of hydrogen-bond acceptors (Lipinski definition) is 14. The number of hydrogen-bond donors (Lipinski definition) is 4. The van der Waals surface area contributed by atoms with Gasteiger partial charge in [0.15, 0.2) is 17.6 Å². The van der Waals surface area contributed by atoms with Crippen LogP contribution in [0.5, 0.6) is 0 Å². The van der Waals surface area contributed by atoms with Crippen LogP contribution in [0.25, 0.3) is 0 Å². The Morgan fingerprint density at radius 3 is 1.94 bits per heavy atom. The van der Waals surface area contributed by atoms with E-state index in [9.17, 15) is 44.4 Å². The molecule has 4 rings (SSSR count). The average molecular weight is 903 g/mol. The maximum absolute atomic E-state index is 13.1. The highest BCUT2D eigenvalue weighted by Crippen LogP contribution is 2.67. The van der Waals surface area contributed by atoms with E-state index in [1.807, 2.05) is 110 Å². The molecule has 6 unspecified atom stereocenters. The van der Waals surface area contributed by atoms with Gasteiger partial charge in [0.25, 0.3) is 0 Å². The van der Waals surface area contributed by atoms with Gasteiger partial charge in [-0.2, -0.15) is 0 Å². The predicted molar refractivity (Wildman–Crippen MR) is 242 cm³/mol. The van der Waals surface area contributed by atoms with Gasteiger partial charge in [0.2, 0.25) is 5.76 Å². The van der Waals surface area contributed by atoms with Crippen molar-refractivity contribution in [3.63, 3.8) is 0 Å². The number of aliphatic hydroxyl groups excluding tert-OH is 3. The number of fused-ring (bicyclic) bond motifs is 1. The van der Waals surface area contributed by atoms with Gasteiger partial charge in [-0.3, -0.25) is 19.2 Å². The molecule has 4 N–H and O–H groups in total. The summed E-state index contributed by atoms with van der Waals surface area (Å²) < 4.78 is 27.0. The zero-order valence-corrected chi connectivity index (χ0v) is 39.3. The van der Waals surface area contributed by atoms with E-state index in [0.29, 0.717) is 25.7 Å². The van der Waals surface area contributed by atoms with Crippen molar-refractivity contribution in [2.75, 3.05) is 6.61 Å². The number of ether oxygens (including phenoxy) is 5. The second-order valence-electron chi connectivity index (χ2n) is 19.2. The van der Waals surface area contributed by atoms with Crippen molar-refractivity contribution in [1.29, 1.82) is 0 Å². The van der Waals surface area contributed by atoms with E-state index in [4.69, 9.17) is 18.9 Å². The van der Waals surface area contributed by atoms with E-state index < -0.39 is 76.6 Å². The standard InChI is InChI=1S/C51H66O14/c1-32(16-11-12-17-33(2)19-15-20-34(3)22-23-40-47(5,6)27-37(62-35(4)52)29-49(40,9)60)18-13-14-21-36(53)26-51-48(7,8)28-38(30-50(51,10)65-51)63-42(56)25-24-41(55)61-31-39(54)45-43(57)44(58)46(59)64-45/h11-22,37-39,45,54,57-58,60H,24-31H2,1-10H3/b12-11+,18-13+,19-15+,21-14+,32-16+,33-17+,34-20+/t23?,37?,38?,39?,45?,49-,50?,51?/m0/s1. The Hall–Kier alpha value is -5.53. The number of esters is 4. The number of aliphatic hydroxyl groups is 4. The summed E-state index contributed by atoms with van der Waals surface area (Å²) >= 11 is 0. The first-order chi connectivity index (χ1) is 30.2. The van der Waals surface area contributed by atoms with Gasteiger partial charge >= 0.3 is 23.9 Å². The van der Waals surface area contributed by atoms with Gasteiger partial charge in [0, 0.05) is 37.2 Å². The van der Waals surface area contributed by atoms with E-state index in [1.165, 1.54) is 13.0 Å². The van der Waals surface area contributed by atoms with Crippen molar-refractivity contribution < 1.29 is 68.1 Å². The van der Waals surface area contributed by atoms with Crippen LogP contribution in [0.4, 0.5) is 0 Å². The third-order valence-corrected chi connectivity index (χ3v) is 12.3. The molecule has 2 aliphatic carbocycles. The van der Waals surface area contributed by atoms with Gasteiger partial charge in [-0.15, -0.1) is 5.73 Å². The molecule has 1 saturated heterocycles. The number of epoxide rings is 1. The molecule has 2 aliphatic heterocycles. The van der Waals surface area contributed by atoms with E-state index in [-0.39, 0.29) is 42.5 Å². The molecule has 0 aromatic rings. The zero-order valence-electron chi connectivity index (χ0n) is 39.3. The van der Waals surface area contributed by atoms with Crippen LogP contribution in [0.3, 0.4) is 0 Å². The summed E-state index contributed by atoms with van der Waals surface area (Å²) in [6.45, 7) is 18.3. The van der Waals surface area contributed by atoms with E-state index in [0.717, 1.165) is 22.3 Å². The van der Waals surface area contributed by atoms with Crippen molar-refractivity contribution in [3.05, 3.63) is 112 Å². The minimum atomic E-state index is -1.63. The topological polar surface area (TPSA) is 216 Å². The van der Waals surface area contributed by atoms with Gasteiger partial charge in [0.05, 0.1) is 24.0 Å². The third kappa shape index (κ3) is 13.7. The largest absolute Gasteiger partial charge is 0.505 e. The summed E-state index contributed by atoms with van der Waals surface area (Å²) in [6, 6.07) is 0. The highest BCUT2D eigenvalue weighted by Gasteiger charge is 2.76. The summed E-state index contributed by atoms with van der Waals surface area (Å²) in [6.07, 6.45) is 19.8. The molecule has 0 aromatic heterocycles. The third-order valence-electron chi connectivity index (χ3n) is 12.3. The molecule has 0 spiro atoms. The lowest BCUT2D eigenvalue weighted by Gasteiger charge is -2.44. The molecule has 14 heteroatoms. The molecule has 3 fully saturated rings. The smallest absolute Gasteiger partial charge is 0.377 e. The number of carbonyl (C=O) groups excluding carboxylic acids is 5. The minimum absolute atomic E-state index is 0.0926. The molecule has 0 aromatic carbocycles. The maximum atomic E-state index is 13.1. The number of carbonyl (C=O) groups is 5. The maximum Gasteiger partial charge on any atom is 0.377 e. The van der Waals surface area contributed by atoms with Crippen molar-refractivity contribution in [1.82, 2.24) is 0 Å². The average Bonchev–Trinajstić information content (AvgIpc) is 3.71. The quantitative estimate of drug-likeness (QED) is 0.0258. The van der Waals surface area contributed by atoms with Crippen LogP contribution in [0, 0.1) is 10.8 Å². The molecule has 354 valence electrons. The van der Waals surface area contributed by atoms with Crippen LogP contribution in [0.2, 0.25) is 0 Å². The Morgan fingerprint density at radius 1 is 0.769 bits per heavy atom. The highest BCUT2D eigenvalue weighted by atomic mass is 16.6. The Balaban J connectivity index is 1.19. The number of cyclic esters (lactones) is 1. The van der Waals surface area contributed by atoms with Gasteiger partial charge in [0.1, 0.15) is 30.5 Å². The summed E-state index contributed by atoms with van der Waals surface area (Å²) in [5, 5.41) is 40.3. The van der Waals surface area contributed by atoms with Gasteiger partial charge in [-0.1, -0.05) is 99.6 Å². The lowest BCUT2D eigenvalue weighted by Crippen LogP contribution is -2.49. The Morgan fingerprint density at radius 2 is 1.35 bits per heavy atom. The highest BCUT2D eigenvalue weighted by molar-refractivity contribution is 5.91. The molecule has 2 saturated carbocycles. The number of allylic oxidation sites excluding steroid dienone is 14. The molecule has 0 radical (unpaired) electrons. The van der Waals surface area contributed by atoms with Crippen LogP contribution in [0.1, 0.15) is 114 Å². The molecular weight excluding hydrogens is 837 g/mol. The first kappa shape index (κ1) is 52.1. The van der Waals surface area contributed by atoms with Crippen molar-refractivity contribution >= 4 is 29.7 Å². The predicted octanol–water partition coefficient (Wildman–Crippen LogP) is 7.79. The molecule has 65 heavy (non-hydrogen) atoms. The van der Waals surface area contributed by atoms with Gasteiger partial charge in [-0.05, 0) is 70.6 Å². The molecule has 14 nitrogen and oxygen atoms in total. The Kier molecular flexibility index (Phi) is 17.0. The lowest BCUT2D eigenvalue weighted by atomic mass is 9.61. The second-order valence-corrected chi connectivity index (χ2v) is 19.2. The molecule has 4 aliphatic rings. The van der Waals surface area contributed by atoms with Crippen molar-refractivity contribution in [3.8, 4) is 0 Å². The molecule has 7 atom stereocenters. The van der Waals surface area contributed by atoms with Crippen molar-refractivity contribution in [2.45, 2.75) is 155 Å². The SMILES string of the molecule is CC(=O)OC1CC(C)(C)C(=C=C/C(C)=C/C=C/C(C)=C/C=C/C=C(C)/C=C/C=C/C(=O)CC23OC2(C)CC(OC(=O)CCC(=O)OCC(O)C2OC(=O)C(O)=C2O)CC3(C)C)[C@@](C)(O)C1. The monoisotopic (exact) mass is 902 g/mol. The molecule has 0 amide bonds. The summed E-state index contributed by atoms with van der Waals surface area (Å²) in [5.41, 5.74) is 3.64. The van der Waals surface area contributed by atoms with E-state index >= 15 is 0 Å². The first-order valence-corrected chi connectivity index (χ1v) is 21.9. The number of rotatable bonds is 18. The fraction of sp³-hybridized carbons (Fsp3) is 0.529. The van der Waals surface area contributed by atoms with Crippen LogP contribution >= 0.6 is 0 Å². The van der Waals surface area contributed by atoms with Crippen molar-refractivity contribution in [2.24, 2.45) is 10.8 Å². The first-order valence-electron chi connectivity index (χ1n) is 21.9. The van der Waals surface area contributed by atoms with Crippen LogP contribution in [-0.2, 0) is 47.7 Å². The fourth-order valence-electron chi connectivity index (χ4n) is 9.19. The molecule has 0 bridgehead atoms. The lowest BCUT2D eigenvalue weighted by molar-refractivity contribution is -0.159. The summed E-state index contributed by atoms with van der Waals surface area (Å²) in [4.78, 5) is 60.8. The van der Waals surface area contributed by atoms with Crippen LogP contribution in [0.15, 0.2) is 112 Å².